The Labute approximate surface area is 79.8 Å². The van der Waals surface area contributed by atoms with E-state index in [9.17, 15) is 4.79 Å². The van der Waals surface area contributed by atoms with Gasteiger partial charge in [-0.1, -0.05) is 6.92 Å². The number of hydrogen-bond donors (Lipinski definition) is 1. The van der Waals surface area contributed by atoms with Gasteiger partial charge in [0.1, 0.15) is 5.54 Å². The minimum atomic E-state index is -0.538. The Balaban J connectivity index is 2.26. The van der Waals surface area contributed by atoms with Crippen LogP contribution in [0.15, 0.2) is 0 Å². The number of carbonyl (C=O) groups excluding carboxylic acids is 1. The molecule has 13 heavy (non-hydrogen) atoms. The lowest BCUT2D eigenvalue weighted by Crippen LogP contribution is -2.47. The first-order valence-corrected chi connectivity index (χ1v) is 4.98. The maximum Gasteiger partial charge on any atom is 0.325 e. The van der Waals surface area contributed by atoms with E-state index in [1.807, 2.05) is 20.8 Å². The molecule has 1 rings (SSSR count). The van der Waals surface area contributed by atoms with E-state index in [0.717, 1.165) is 6.54 Å². The van der Waals surface area contributed by atoms with Crippen LogP contribution >= 0.6 is 0 Å². The van der Waals surface area contributed by atoms with Crippen LogP contribution in [0.2, 0.25) is 0 Å². The van der Waals surface area contributed by atoms with E-state index in [2.05, 4.69) is 5.32 Å². The van der Waals surface area contributed by atoms with Gasteiger partial charge in [-0.25, -0.2) is 0 Å². The molecule has 0 radical (unpaired) electrons. The summed E-state index contributed by atoms with van der Waals surface area (Å²) in [6, 6.07) is 0. The van der Waals surface area contributed by atoms with Crippen LogP contribution in [0.5, 0.6) is 0 Å². The molecule has 0 aromatic heterocycles. The van der Waals surface area contributed by atoms with Crippen LogP contribution in [0.1, 0.15) is 33.6 Å². The van der Waals surface area contributed by atoms with Crippen LogP contribution in [0, 0.1) is 5.92 Å². The van der Waals surface area contributed by atoms with Crippen molar-refractivity contribution in [3.05, 3.63) is 0 Å². The lowest BCUT2D eigenvalue weighted by molar-refractivity contribution is -0.150. The molecule has 0 saturated heterocycles. The van der Waals surface area contributed by atoms with Crippen molar-refractivity contribution in [2.24, 2.45) is 5.92 Å². The van der Waals surface area contributed by atoms with Crippen molar-refractivity contribution in [3.63, 3.8) is 0 Å². The van der Waals surface area contributed by atoms with E-state index in [-0.39, 0.29) is 5.97 Å². The highest BCUT2D eigenvalue weighted by atomic mass is 16.5. The first-order valence-electron chi connectivity index (χ1n) is 4.98. The SMILES string of the molecule is CCNC(C)(C)C(=O)OCC1CC1. The number of rotatable bonds is 5. The normalized spacial score (nSPS) is 17.2. The minimum absolute atomic E-state index is 0.138. The highest BCUT2D eigenvalue weighted by Gasteiger charge is 2.30. The maximum absolute atomic E-state index is 11.5. The number of esters is 1. The van der Waals surface area contributed by atoms with Crippen molar-refractivity contribution in [1.82, 2.24) is 5.32 Å². The molecule has 0 amide bonds. The number of carbonyl (C=O) groups is 1. The van der Waals surface area contributed by atoms with Crippen LogP contribution in [-0.4, -0.2) is 24.7 Å². The molecule has 3 nitrogen and oxygen atoms in total. The third kappa shape index (κ3) is 3.35. The van der Waals surface area contributed by atoms with Crippen molar-refractivity contribution in [2.75, 3.05) is 13.2 Å². The summed E-state index contributed by atoms with van der Waals surface area (Å²) < 4.78 is 5.18. The number of likely N-dealkylation sites (N-methyl/N-ethyl adjacent to an activating group) is 1. The zero-order valence-corrected chi connectivity index (χ0v) is 8.72. The fourth-order valence-corrected chi connectivity index (χ4v) is 1.17. The average Bonchev–Trinajstić information content (AvgIpc) is 2.83. The molecule has 0 aromatic carbocycles. The Morgan fingerprint density at radius 1 is 1.54 bits per heavy atom. The fraction of sp³-hybridized carbons (Fsp3) is 0.900. The molecule has 0 atom stereocenters. The zero-order chi connectivity index (χ0) is 9.90. The summed E-state index contributed by atoms with van der Waals surface area (Å²) in [5, 5.41) is 3.09. The predicted molar refractivity (Wildman–Crippen MR) is 51.4 cm³/mol. The van der Waals surface area contributed by atoms with Crippen LogP contribution in [0.3, 0.4) is 0 Å². The molecular formula is C10H19NO2. The maximum atomic E-state index is 11.5. The molecule has 0 spiro atoms. The van der Waals surface area contributed by atoms with Gasteiger partial charge in [0.15, 0.2) is 0 Å². The zero-order valence-electron chi connectivity index (χ0n) is 8.72. The van der Waals surface area contributed by atoms with Gasteiger partial charge in [-0.2, -0.15) is 0 Å². The molecule has 0 heterocycles. The van der Waals surface area contributed by atoms with E-state index < -0.39 is 5.54 Å². The number of hydrogen-bond acceptors (Lipinski definition) is 3. The van der Waals surface area contributed by atoms with Gasteiger partial charge in [0.2, 0.25) is 0 Å². The summed E-state index contributed by atoms with van der Waals surface area (Å²) >= 11 is 0. The minimum Gasteiger partial charge on any atom is -0.464 e. The van der Waals surface area contributed by atoms with Gasteiger partial charge in [-0.3, -0.25) is 4.79 Å². The second kappa shape index (κ2) is 4.09. The number of nitrogens with one attached hydrogen (secondary N) is 1. The second-order valence-corrected chi connectivity index (χ2v) is 4.20. The van der Waals surface area contributed by atoms with Gasteiger partial charge in [-0.05, 0) is 39.2 Å². The molecule has 1 aliphatic rings. The summed E-state index contributed by atoms with van der Waals surface area (Å²) in [5.41, 5.74) is -0.538. The molecule has 0 unspecified atom stereocenters. The standard InChI is InChI=1S/C10H19NO2/c1-4-11-10(2,3)9(12)13-7-8-5-6-8/h8,11H,4-7H2,1-3H3. The Hall–Kier alpha value is -0.570. The predicted octanol–water partition coefficient (Wildman–Crippen LogP) is 1.33. The Kier molecular flexibility index (Phi) is 3.31. The van der Waals surface area contributed by atoms with Crippen LogP contribution in [0.25, 0.3) is 0 Å². The molecule has 1 fully saturated rings. The van der Waals surface area contributed by atoms with E-state index in [1.165, 1.54) is 12.8 Å². The van der Waals surface area contributed by atoms with Gasteiger partial charge in [0, 0.05) is 0 Å². The smallest absolute Gasteiger partial charge is 0.325 e. The third-order valence-corrected chi connectivity index (χ3v) is 2.28. The van der Waals surface area contributed by atoms with Crippen molar-refractivity contribution in [3.8, 4) is 0 Å². The van der Waals surface area contributed by atoms with Gasteiger partial charge in [-0.15, -0.1) is 0 Å². The first kappa shape index (κ1) is 10.5. The van der Waals surface area contributed by atoms with E-state index in [1.54, 1.807) is 0 Å². The third-order valence-electron chi connectivity index (χ3n) is 2.28. The van der Waals surface area contributed by atoms with Gasteiger partial charge >= 0.3 is 5.97 Å². The van der Waals surface area contributed by atoms with Gasteiger partial charge in [0.05, 0.1) is 6.61 Å². The molecule has 1 saturated carbocycles. The Bertz CT molecular complexity index is 185. The van der Waals surface area contributed by atoms with E-state index >= 15 is 0 Å². The average molecular weight is 185 g/mol. The van der Waals surface area contributed by atoms with Crippen LogP contribution in [-0.2, 0) is 9.53 Å². The largest absolute Gasteiger partial charge is 0.464 e. The summed E-state index contributed by atoms with van der Waals surface area (Å²) in [4.78, 5) is 11.5. The summed E-state index contributed by atoms with van der Waals surface area (Å²) in [7, 11) is 0. The van der Waals surface area contributed by atoms with Crippen LogP contribution < -0.4 is 5.32 Å². The van der Waals surface area contributed by atoms with E-state index in [4.69, 9.17) is 4.74 Å². The molecule has 76 valence electrons. The molecule has 3 heteroatoms. The second-order valence-electron chi connectivity index (χ2n) is 4.20. The molecular weight excluding hydrogens is 166 g/mol. The quantitative estimate of drug-likeness (QED) is 0.657. The topological polar surface area (TPSA) is 38.3 Å². The number of ether oxygens (including phenoxy) is 1. The van der Waals surface area contributed by atoms with Gasteiger partial charge in [0.25, 0.3) is 0 Å². The lowest BCUT2D eigenvalue weighted by atomic mass is 10.1. The lowest BCUT2D eigenvalue weighted by Gasteiger charge is -2.23. The Morgan fingerprint density at radius 3 is 2.62 bits per heavy atom. The highest BCUT2D eigenvalue weighted by molar-refractivity contribution is 5.79. The summed E-state index contributed by atoms with van der Waals surface area (Å²) in [6.07, 6.45) is 2.43. The molecule has 0 bridgehead atoms. The summed E-state index contributed by atoms with van der Waals surface area (Å²) in [6.45, 7) is 7.08. The Morgan fingerprint density at radius 2 is 2.15 bits per heavy atom. The monoisotopic (exact) mass is 185 g/mol. The van der Waals surface area contributed by atoms with Crippen LogP contribution in [0.4, 0.5) is 0 Å². The first-order chi connectivity index (χ1) is 6.06. The molecule has 0 aromatic rings. The van der Waals surface area contributed by atoms with Crippen molar-refractivity contribution in [1.29, 1.82) is 0 Å². The molecule has 1 N–H and O–H groups in total. The van der Waals surface area contributed by atoms with Crippen molar-refractivity contribution in [2.45, 2.75) is 39.2 Å². The molecule has 1 aliphatic carbocycles. The summed E-state index contributed by atoms with van der Waals surface area (Å²) in [5.74, 6) is 0.502. The van der Waals surface area contributed by atoms with Crippen molar-refractivity contribution < 1.29 is 9.53 Å². The van der Waals surface area contributed by atoms with Crippen molar-refractivity contribution >= 4 is 5.97 Å². The fourth-order valence-electron chi connectivity index (χ4n) is 1.17. The van der Waals surface area contributed by atoms with Gasteiger partial charge < -0.3 is 10.1 Å². The van der Waals surface area contributed by atoms with E-state index in [0.29, 0.717) is 12.5 Å². The highest BCUT2D eigenvalue weighted by Crippen LogP contribution is 2.29. The molecule has 0 aliphatic heterocycles.